The number of halogens is 3. The highest BCUT2D eigenvalue weighted by molar-refractivity contribution is 5.79. The number of ether oxygens (including phenoxy) is 1. The first-order valence-electron chi connectivity index (χ1n) is 8.08. The third-order valence-electron chi connectivity index (χ3n) is 3.52. The second-order valence-corrected chi connectivity index (χ2v) is 5.57. The maximum absolute atomic E-state index is 13.0. The molecule has 0 aliphatic heterocycles. The Kier molecular flexibility index (Phi) is 6.48. The topological polar surface area (TPSA) is 63.5 Å². The number of nitrogens with zero attached hydrogens (tertiary/aromatic N) is 3. The van der Waals surface area contributed by atoms with Crippen molar-refractivity contribution in [2.45, 2.75) is 26.2 Å². The van der Waals surface area contributed by atoms with Crippen LogP contribution in [0.5, 0.6) is 5.75 Å². The van der Waals surface area contributed by atoms with Gasteiger partial charge in [0, 0.05) is 31.9 Å². The van der Waals surface area contributed by atoms with Crippen LogP contribution in [-0.4, -0.2) is 29.4 Å². The zero-order valence-electron chi connectivity index (χ0n) is 14.9. The van der Waals surface area contributed by atoms with Crippen LogP contribution in [0.15, 0.2) is 35.5 Å². The monoisotopic (exact) mass is 369 g/mol. The minimum absolute atomic E-state index is 0.0351. The molecule has 0 unspecified atom stereocenters. The predicted molar refractivity (Wildman–Crippen MR) is 92.9 cm³/mol. The fourth-order valence-electron chi connectivity index (χ4n) is 2.37. The van der Waals surface area contributed by atoms with Gasteiger partial charge in [0.05, 0.1) is 13.7 Å². The second-order valence-electron chi connectivity index (χ2n) is 5.57. The normalized spacial score (nSPS) is 12.2. The van der Waals surface area contributed by atoms with E-state index in [4.69, 9.17) is 4.74 Å². The van der Waals surface area contributed by atoms with Gasteiger partial charge in [-0.05, 0) is 24.6 Å². The van der Waals surface area contributed by atoms with Crippen molar-refractivity contribution in [2.24, 2.45) is 12.0 Å². The van der Waals surface area contributed by atoms with Crippen LogP contribution >= 0.6 is 0 Å². The Labute approximate surface area is 150 Å². The summed E-state index contributed by atoms with van der Waals surface area (Å²) in [6.07, 6.45) is -3.14. The summed E-state index contributed by atoms with van der Waals surface area (Å²) in [5.74, 6) is 1.15. The molecular weight excluding hydrogens is 347 g/mol. The Morgan fingerprint density at radius 2 is 2.08 bits per heavy atom. The lowest BCUT2D eigenvalue weighted by Crippen LogP contribution is -2.37. The van der Waals surface area contributed by atoms with Gasteiger partial charge in [0.25, 0.3) is 0 Å². The number of benzene rings is 1. The van der Waals surface area contributed by atoms with Crippen molar-refractivity contribution >= 4 is 5.96 Å². The van der Waals surface area contributed by atoms with Crippen LogP contribution < -0.4 is 15.4 Å². The summed E-state index contributed by atoms with van der Waals surface area (Å²) in [6.45, 7) is 2.80. The van der Waals surface area contributed by atoms with E-state index >= 15 is 0 Å². The maximum Gasteiger partial charge on any atom is 0.435 e. The lowest BCUT2D eigenvalue weighted by atomic mass is 10.2. The van der Waals surface area contributed by atoms with Gasteiger partial charge in [-0.25, -0.2) is 4.99 Å². The minimum atomic E-state index is -4.49. The highest BCUT2D eigenvalue weighted by atomic mass is 19.4. The SMILES string of the molecule is CCNC(=NCc1cccc(OC)c1)NCc1cn(C)nc1C(F)(F)F. The number of nitrogens with one attached hydrogen (secondary N) is 2. The Morgan fingerprint density at radius 1 is 1.31 bits per heavy atom. The zero-order chi connectivity index (χ0) is 19.2. The largest absolute Gasteiger partial charge is 0.497 e. The highest BCUT2D eigenvalue weighted by Crippen LogP contribution is 2.30. The van der Waals surface area contributed by atoms with Gasteiger partial charge >= 0.3 is 6.18 Å². The predicted octanol–water partition coefficient (Wildman–Crippen LogP) is 2.70. The Morgan fingerprint density at radius 3 is 2.73 bits per heavy atom. The van der Waals surface area contributed by atoms with Crippen molar-refractivity contribution in [1.29, 1.82) is 0 Å². The molecule has 0 aliphatic carbocycles. The molecule has 9 heteroatoms. The number of hydrogen-bond donors (Lipinski definition) is 2. The van der Waals surface area contributed by atoms with E-state index in [2.05, 4.69) is 20.7 Å². The van der Waals surface area contributed by atoms with Gasteiger partial charge in [-0.2, -0.15) is 18.3 Å². The van der Waals surface area contributed by atoms with Crippen molar-refractivity contribution in [1.82, 2.24) is 20.4 Å². The van der Waals surface area contributed by atoms with Crippen LogP contribution in [0.25, 0.3) is 0 Å². The van der Waals surface area contributed by atoms with E-state index in [1.54, 1.807) is 7.11 Å². The first-order chi connectivity index (χ1) is 12.3. The number of alkyl halides is 3. The quantitative estimate of drug-likeness (QED) is 0.607. The van der Waals surface area contributed by atoms with Gasteiger partial charge in [0.2, 0.25) is 0 Å². The first kappa shape index (κ1) is 19.6. The molecule has 2 rings (SSSR count). The van der Waals surface area contributed by atoms with Gasteiger partial charge < -0.3 is 15.4 Å². The van der Waals surface area contributed by atoms with E-state index in [1.807, 2.05) is 31.2 Å². The zero-order valence-corrected chi connectivity index (χ0v) is 14.9. The summed E-state index contributed by atoms with van der Waals surface area (Å²) in [5, 5.41) is 9.43. The molecule has 142 valence electrons. The maximum atomic E-state index is 13.0. The number of aromatic nitrogens is 2. The molecule has 2 aromatic rings. The average Bonchev–Trinajstić information content (AvgIpc) is 2.99. The van der Waals surface area contributed by atoms with Crippen molar-refractivity contribution in [2.75, 3.05) is 13.7 Å². The molecule has 26 heavy (non-hydrogen) atoms. The van der Waals surface area contributed by atoms with Crippen LogP contribution in [-0.2, 0) is 26.3 Å². The fraction of sp³-hybridized carbons (Fsp3) is 0.412. The molecule has 1 aromatic carbocycles. The molecule has 1 heterocycles. The van der Waals surface area contributed by atoms with Gasteiger partial charge in [-0.15, -0.1) is 0 Å². The molecule has 6 nitrogen and oxygen atoms in total. The summed E-state index contributed by atoms with van der Waals surface area (Å²) >= 11 is 0. The third kappa shape index (κ3) is 5.40. The Bertz CT molecular complexity index is 755. The van der Waals surface area contributed by atoms with Gasteiger partial charge in [-0.3, -0.25) is 4.68 Å². The van der Waals surface area contributed by atoms with E-state index in [-0.39, 0.29) is 12.1 Å². The summed E-state index contributed by atoms with van der Waals surface area (Å²) in [4.78, 5) is 4.40. The summed E-state index contributed by atoms with van der Waals surface area (Å²) in [6, 6.07) is 7.45. The van der Waals surface area contributed by atoms with E-state index in [0.29, 0.717) is 19.0 Å². The van der Waals surface area contributed by atoms with Gasteiger partial charge in [-0.1, -0.05) is 12.1 Å². The fourth-order valence-corrected chi connectivity index (χ4v) is 2.37. The summed E-state index contributed by atoms with van der Waals surface area (Å²) in [5.41, 5.74) is 0.0991. The van der Waals surface area contributed by atoms with Crippen LogP contribution in [0.4, 0.5) is 13.2 Å². The molecule has 0 amide bonds. The Balaban J connectivity index is 2.08. The number of guanidine groups is 1. The Hall–Kier alpha value is -2.71. The standard InChI is InChI=1S/C17H22F3N5O/c1-4-21-16(22-9-12-6-5-7-14(8-12)26-3)23-10-13-11-25(2)24-15(13)17(18,19)20/h5-8,11H,4,9-10H2,1-3H3,(H2,21,22,23). The highest BCUT2D eigenvalue weighted by Gasteiger charge is 2.36. The van der Waals surface area contributed by atoms with E-state index in [1.165, 1.54) is 13.2 Å². The molecule has 0 radical (unpaired) electrons. The smallest absolute Gasteiger partial charge is 0.435 e. The van der Waals surface area contributed by atoms with Crippen LogP contribution in [0.1, 0.15) is 23.7 Å². The molecule has 1 aromatic heterocycles. The van der Waals surface area contributed by atoms with Gasteiger partial charge in [0.15, 0.2) is 11.7 Å². The van der Waals surface area contributed by atoms with E-state index < -0.39 is 11.9 Å². The van der Waals surface area contributed by atoms with Crippen LogP contribution in [0, 0.1) is 0 Å². The molecule has 0 spiro atoms. The van der Waals surface area contributed by atoms with Gasteiger partial charge in [0.1, 0.15) is 5.75 Å². The summed E-state index contributed by atoms with van der Waals surface area (Å²) in [7, 11) is 3.04. The van der Waals surface area contributed by atoms with E-state index in [9.17, 15) is 13.2 Å². The molecule has 0 saturated carbocycles. The molecule has 0 aliphatic rings. The number of aryl methyl sites for hydroxylation is 1. The lowest BCUT2D eigenvalue weighted by Gasteiger charge is -2.12. The molecule has 2 N–H and O–H groups in total. The van der Waals surface area contributed by atoms with Crippen molar-refractivity contribution < 1.29 is 17.9 Å². The average molecular weight is 369 g/mol. The summed E-state index contributed by atoms with van der Waals surface area (Å²) < 4.78 is 45.4. The molecule has 0 bridgehead atoms. The second kappa shape index (κ2) is 8.59. The number of aliphatic imine (C=N–C) groups is 1. The number of hydrogen-bond acceptors (Lipinski definition) is 3. The first-order valence-corrected chi connectivity index (χ1v) is 8.08. The van der Waals surface area contributed by atoms with Crippen LogP contribution in [0.3, 0.4) is 0 Å². The van der Waals surface area contributed by atoms with Crippen molar-refractivity contribution in [3.8, 4) is 5.75 Å². The molecular formula is C17H22F3N5O. The third-order valence-corrected chi connectivity index (χ3v) is 3.52. The number of methoxy groups -OCH3 is 1. The van der Waals surface area contributed by atoms with E-state index in [0.717, 1.165) is 16.0 Å². The van der Waals surface area contributed by atoms with Crippen molar-refractivity contribution in [3.63, 3.8) is 0 Å². The number of rotatable bonds is 6. The molecule has 0 fully saturated rings. The van der Waals surface area contributed by atoms with Crippen molar-refractivity contribution in [3.05, 3.63) is 47.3 Å². The molecule has 0 saturated heterocycles. The minimum Gasteiger partial charge on any atom is -0.497 e. The van der Waals surface area contributed by atoms with Crippen LogP contribution in [0.2, 0.25) is 0 Å². The lowest BCUT2D eigenvalue weighted by molar-refractivity contribution is -0.142. The molecule has 0 atom stereocenters.